The van der Waals surface area contributed by atoms with Crippen LogP contribution in [0, 0.1) is 25.2 Å². The van der Waals surface area contributed by atoms with E-state index in [1.807, 2.05) is 61.5 Å². The maximum atomic E-state index is 12.0. The van der Waals surface area contributed by atoms with Crippen LogP contribution in [-0.4, -0.2) is 44.0 Å². The van der Waals surface area contributed by atoms with Crippen LogP contribution >= 0.6 is 0 Å². The molecule has 0 aromatic heterocycles. The van der Waals surface area contributed by atoms with Gasteiger partial charge in [-0.05, 0) is 77.6 Å². The van der Waals surface area contributed by atoms with E-state index in [0.717, 1.165) is 50.4 Å². The first-order valence-corrected chi connectivity index (χ1v) is 14.7. The van der Waals surface area contributed by atoms with Crippen molar-refractivity contribution in [2.45, 2.75) is 39.6 Å². The molecule has 0 unspecified atom stereocenters. The number of methoxy groups -OCH3 is 1. The Bertz CT molecular complexity index is 1710. The van der Waals surface area contributed by atoms with Gasteiger partial charge in [0, 0.05) is 18.2 Å². The molecule has 1 aliphatic heterocycles. The van der Waals surface area contributed by atoms with Gasteiger partial charge in [-0.25, -0.2) is 0 Å². The number of carbonyl (C=O) groups is 1. The number of nitrogens with zero attached hydrogens (tertiary/aromatic N) is 1. The number of esters is 1. The summed E-state index contributed by atoms with van der Waals surface area (Å²) in [5.41, 5.74) is 7.29. The van der Waals surface area contributed by atoms with Gasteiger partial charge in [0.05, 0.1) is 25.3 Å². The molecule has 0 saturated heterocycles. The molecule has 9 heteroatoms. The highest BCUT2D eigenvalue weighted by molar-refractivity contribution is 5.75. The third kappa shape index (κ3) is 7.55. The number of aryl methyl sites for hydroxylation is 1. The van der Waals surface area contributed by atoms with Crippen molar-refractivity contribution in [3.8, 4) is 40.2 Å². The Morgan fingerprint density at radius 3 is 2.49 bits per heavy atom. The molecule has 0 radical (unpaired) electrons. The summed E-state index contributed by atoms with van der Waals surface area (Å²) in [4.78, 5) is 12.0. The molecule has 4 aromatic carbocycles. The average Bonchev–Trinajstić information content (AvgIpc) is 3.07. The van der Waals surface area contributed by atoms with Crippen LogP contribution in [0.3, 0.4) is 0 Å². The lowest BCUT2D eigenvalue weighted by Crippen LogP contribution is -2.40. The molecule has 0 spiro atoms. The molecule has 0 bridgehead atoms. The quantitative estimate of drug-likeness (QED) is 0.204. The van der Waals surface area contributed by atoms with Crippen LogP contribution in [0.4, 0.5) is 0 Å². The molecule has 0 saturated carbocycles. The molecular weight excluding hydrogens is 572 g/mol. The highest BCUT2D eigenvalue weighted by atomic mass is 16.6. The molecule has 45 heavy (non-hydrogen) atoms. The third-order valence-electron chi connectivity index (χ3n) is 7.70. The summed E-state index contributed by atoms with van der Waals surface area (Å²) < 4.78 is 28.9. The average molecular weight is 609 g/mol. The van der Waals surface area contributed by atoms with Gasteiger partial charge < -0.3 is 28.8 Å². The van der Waals surface area contributed by atoms with E-state index in [-0.39, 0.29) is 13.2 Å². The zero-order valence-corrected chi connectivity index (χ0v) is 25.6. The topological polar surface area (TPSA) is 119 Å². The fraction of sp³-hybridized carbons (Fsp3) is 0.278. The first kappa shape index (κ1) is 31.4. The Morgan fingerprint density at radius 2 is 1.71 bits per heavy atom. The largest absolute Gasteiger partial charge is 0.488 e. The van der Waals surface area contributed by atoms with Gasteiger partial charge in [0.25, 0.3) is 0 Å². The molecule has 9 nitrogen and oxygen atoms in total. The van der Waals surface area contributed by atoms with E-state index >= 15 is 0 Å². The van der Waals surface area contributed by atoms with Crippen LogP contribution in [0.5, 0.6) is 23.0 Å². The van der Waals surface area contributed by atoms with Gasteiger partial charge in [0.2, 0.25) is 0 Å². The predicted octanol–water partition coefficient (Wildman–Crippen LogP) is 5.39. The van der Waals surface area contributed by atoms with Crippen LogP contribution in [0.2, 0.25) is 0 Å². The van der Waals surface area contributed by atoms with E-state index in [2.05, 4.69) is 24.4 Å². The summed E-state index contributed by atoms with van der Waals surface area (Å²) >= 11 is 0. The normalized spacial score (nSPS) is 12.6. The lowest BCUT2D eigenvalue weighted by Gasteiger charge is -2.20. The number of benzene rings is 4. The predicted molar refractivity (Wildman–Crippen MR) is 168 cm³/mol. The lowest BCUT2D eigenvalue weighted by molar-refractivity contribution is -0.144. The number of rotatable bonds is 12. The second-order valence-electron chi connectivity index (χ2n) is 10.7. The van der Waals surface area contributed by atoms with Crippen LogP contribution < -0.4 is 24.3 Å². The van der Waals surface area contributed by atoms with Gasteiger partial charge in [-0.1, -0.05) is 36.4 Å². The molecule has 5 rings (SSSR count). The number of nitriles is 1. The van der Waals surface area contributed by atoms with Crippen molar-refractivity contribution in [3.63, 3.8) is 0 Å². The number of aliphatic hydroxyl groups is 1. The van der Waals surface area contributed by atoms with Gasteiger partial charge in [-0.2, -0.15) is 5.26 Å². The number of aliphatic hydroxyl groups excluding tert-OH is 1. The van der Waals surface area contributed by atoms with E-state index < -0.39 is 18.6 Å². The van der Waals surface area contributed by atoms with Crippen molar-refractivity contribution >= 4 is 5.97 Å². The van der Waals surface area contributed by atoms with Gasteiger partial charge in [0.1, 0.15) is 44.0 Å². The van der Waals surface area contributed by atoms with E-state index in [1.165, 1.54) is 7.11 Å². The smallest absolute Gasteiger partial charge is 0.325 e. The van der Waals surface area contributed by atoms with Gasteiger partial charge in [-0.15, -0.1) is 0 Å². The summed E-state index contributed by atoms with van der Waals surface area (Å²) in [5, 5.41) is 22.0. The van der Waals surface area contributed by atoms with Gasteiger partial charge in [0.15, 0.2) is 11.5 Å². The van der Waals surface area contributed by atoms with Crippen LogP contribution in [-0.2, 0) is 29.3 Å². The van der Waals surface area contributed by atoms with Crippen molar-refractivity contribution in [1.29, 1.82) is 5.26 Å². The van der Waals surface area contributed by atoms with Crippen LogP contribution in [0.25, 0.3) is 11.1 Å². The number of ether oxygens (including phenoxy) is 5. The van der Waals surface area contributed by atoms with Crippen LogP contribution in [0.15, 0.2) is 72.8 Å². The van der Waals surface area contributed by atoms with Gasteiger partial charge >= 0.3 is 5.97 Å². The SMILES string of the molecule is COC(=O)[C@@H](CO)NCc1cc(C)c(OCc2cccc(-c3ccc4c(c3)OCCO4)c2C)cc1OCc1cccc(C#N)c1. The molecule has 0 amide bonds. The Kier molecular flexibility index (Phi) is 10.2. The zero-order chi connectivity index (χ0) is 31.8. The molecule has 0 fully saturated rings. The Morgan fingerprint density at radius 1 is 0.933 bits per heavy atom. The maximum absolute atomic E-state index is 12.0. The summed E-state index contributed by atoms with van der Waals surface area (Å²) in [6, 6.07) is 24.4. The highest BCUT2D eigenvalue weighted by Crippen LogP contribution is 2.37. The Balaban J connectivity index is 1.37. The van der Waals surface area contributed by atoms with Crippen molar-refractivity contribution in [2.75, 3.05) is 26.9 Å². The van der Waals surface area contributed by atoms with Gasteiger partial charge in [-0.3, -0.25) is 10.1 Å². The summed E-state index contributed by atoms with van der Waals surface area (Å²) in [7, 11) is 1.28. The molecule has 2 N–H and O–H groups in total. The summed E-state index contributed by atoms with van der Waals surface area (Å²) in [6.07, 6.45) is 0. The summed E-state index contributed by atoms with van der Waals surface area (Å²) in [5.74, 6) is 2.14. The molecule has 0 aliphatic carbocycles. The number of hydrogen-bond acceptors (Lipinski definition) is 9. The second-order valence-corrected chi connectivity index (χ2v) is 10.7. The van der Waals surface area contributed by atoms with E-state index in [9.17, 15) is 15.2 Å². The van der Waals surface area contributed by atoms with Crippen molar-refractivity contribution < 1.29 is 33.6 Å². The van der Waals surface area contributed by atoms with Crippen molar-refractivity contribution in [1.82, 2.24) is 5.32 Å². The minimum Gasteiger partial charge on any atom is -0.488 e. The molecule has 4 aromatic rings. The highest BCUT2D eigenvalue weighted by Gasteiger charge is 2.20. The second kappa shape index (κ2) is 14.6. The first-order valence-electron chi connectivity index (χ1n) is 14.7. The minimum absolute atomic E-state index is 0.224. The van der Waals surface area contributed by atoms with Crippen molar-refractivity contribution in [2.24, 2.45) is 0 Å². The van der Waals surface area contributed by atoms with Crippen molar-refractivity contribution in [3.05, 3.63) is 106 Å². The monoisotopic (exact) mass is 608 g/mol. The molecule has 1 atom stereocenters. The molecular formula is C36H36N2O7. The lowest BCUT2D eigenvalue weighted by atomic mass is 9.96. The zero-order valence-electron chi connectivity index (χ0n) is 25.6. The maximum Gasteiger partial charge on any atom is 0.325 e. The first-order chi connectivity index (χ1) is 21.9. The number of carbonyl (C=O) groups excluding carboxylic acids is 1. The number of nitrogens with one attached hydrogen (secondary N) is 1. The minimum atomic E-state index is -0.879. The molecule has 232 valence electrons. The number of fused-ring (bicyclic) bond motifs is 1. The van der Waals surface area contributed by atoms with Crippen LogP contribution in [0.1, 0.15) is 33.4 Å². The Labute approximate surface area is 262 Å². The fourth-order valence-corrected chi connectivity index (χ4v) is 5.17. The molecule has 1 aliphatic rings. The molecule has 1 heterocycles. The standard InChI is InChI=1S/C36H36N2O7/c1-23-14-29(19-38-31(20-39)36(40)41-3)34(44-21-26-7-4-6-25(15-26)18-37)17-33(23)45-22-28-8-5-9-30(24(28)2)27-10-11-32-35(16-27)43-13-12-42-32/h4-11,14-17,31,38-39H,12-13,19-22H2,1-3H3/t31-/m1/s1. The third-order valence-corrected chi connectivity index (χ3v) is 7.70. The number of hydrogen-bond donors (Lipinski definition) is 2. The van der Waals surface area contributed by atoms with E-state index in [4.69, 9.17) is 23.7 Å². The Hall–Kier alpha value is -5.04. The fourth-order valence-electron chi connectivity index (χ4n) is 5.17. The van der Waals surface area contributed by atoms with E-state index in [0.29, 0.717) is 36.9 Å². The van der Waals surface area contributed by atoms with E-state index in [1.54, 1.807) is 12.1 Å². The summed E-state index contributed by atoms with van der Waals surface area (Å²) in [6.45, 7) is 5.50.